The molecule has 3 rings (SSSR count). The largest absolute Gasteiger partial charge is 0.388 e. The molecule has 4 nitrogen and oxygen atoms in total. The van der Waals surface area contributed by atoms with E-state index in [4.69, 9.17) is 0 Å². The molecular formula is C18H21FN2O2. The number of nitrogens with one attached hydrogen (secondary N) is 1. The number of hydrogen-bond acceptors (Lipinski definition) is 2. The molecule has 0 unspecified atom stereocenters. The summed E-state index contributed by atoms with van der Waals surface area (Å²) in [5.74, 6) is -0.519. The quantitative estimate of drug-likeness (QED) is 0.911. The van der Waals surface area contributed by atoms with E-state index in [9.17, 15) is 14.3 Å². The van der Waals surface area contributed by atoms with Crippen molar-refractivity contribution in [1.29, 1.82) is 0 Å². The first kappa shape index (κ1) is 15.7. The van der Waals surface area contributed by atoms with Gasteiger partial charge in [0.1, 0.15) is 5.82 Å². The summed E-state index contributed by atoms with van der Waals surface area (Å²) in [6.45, 7) is 3.99. The van der Waals surface area contributed by atoms with E-state index in [1.807, 2.05) is 24.5 Å². The van der Waals surface area contributed by atoms with E-state index in [0.717, 1.165) is 30.7 Å². The molecule has 23 heavy (non-hydrogen) atoms. The third-order valence-electron chi connectivity index (χ3n) is 4.60. The Morgan fingerprint density at radius 3 is 2.70 bits per heavy atom. The van der Waals surface area contributed by atoms with Gasteiger partial charge in [-0.05, 0) is 57.4 Å². The highest BCUT2D eigenvalue weighted by molar-refractivity contribution is 5.96. The zero-order chi connectivity index (χ0) is 16.6. The Balaban J connectivity index is 1.84. The number of rotatable bonds is 4. The lowest BCUT2D eigenvalue weighted by Crippen LogP contribution is -2.47. The summed E-state index contributed by atoms with van der Waals surface area (Å²) in [5, 5.41) is 12.9. The standard InChI is InChI=1S/C18H21FN2O2/c1-12-9-16(17(22)20-11-18(23)7-4-8-18)13(2)21(12)15-6-3-5-14(19)10-15/h3,5-6,9-10,23H,4,7-8,11H2,1-2H3,(H,20,22). The minimum absolute atomic E-state index is 0.207. The van der Waals surface area contributed by atoms with Crippen molar-refractivity contribution in [2.24, 2.45) is 0 Å². The van der Waals surface area contributed by atoms with Gasteiger partial charge >= 0.3 is 0 Å². The first-order valence-electron chi connectivity index (χ1n) is 7.85. The van der Waals surface area contributed by atoms with E-state index in [-0.39, 0.29) is 18.3 Å². The van der Waals surface area contributed by atoms with Crippen LogP contribution in [0.15, 0.2) is 30.3 Å². The second kappa shape index (κ2) is 5.81. The zero-order valence-corrected chi connectivity index (χ0v) is 13.4. The van der Waals surface area contributed by atoms with Gasteiger partial charge in [0.15, 0.2) is 0 Å². The van der Waals surface area contributed by atoms with Crippen molar-refractivity contribution >= 4 is 5.91 Å². The lowest BCUT2D eigenvalue weighted by Gasteiger charge is -2.36. The Bertz CT molecular complexity index is 747. The number of aromatic nitrogens is 1. The van der Waals surface area contributed by atoms with Crippen LogP contribution in [0, 0.1) is 19.7 Å². The lowest BCUT2D eigenvalue weighted by molar-refractivity contribution is -0.0300. The fraction of sp³-hybridized carbons (Fsp3) is 0.389. The highest BCUT2D eigenvalue weighted by atomic mass is 19.1. The Labute approximate surface area is 134 Å². The van der Waals surface area contributed by atoms with Gasteiger partial charge in [-0.1, -0.05) is 6.07 Å². The van der Waals surface area contributed by atoms with Crippen molar-refractivity contribution in [3.8, 4) is 5.69 Å². The van der Waals surface area contributed by atoms with Crippen LogP contribution < -0.4 is 5.32 Å². The number of aliphatic hydroxyl groups is 1. The normalized spacial score (nSPS) is 16.0. The zero-order valence-electron chi connectivity index (χ0n) is 13.4. The topological polar surface area (TPSA) is 54.3 Å². The second-order valence-corrected chi connectivity index (χ2v) is 6.36. The van der Waals surface area contributed by atoms with Gasteiger partial charge in [0.2, 0.25) is 0 Å². The van der Waals surface area contributed by atoms with Crippen LogP contribution in [0.5, 0.6) is 0 Å². The van der Waals surface area contributed by atoms with Gasteiger partial charge in [0, 0.05) is 23.6 Å². The summed E-state index contributed by atoms with van der Waals surface area (Å²) in [6, 6.07) is 8.08. The summed E-state index contributed by atoms with van der Waals surface area (Å²) < 4.78 is 15.3. The highest BCUT2D eigenvalue weighted by Crippen LogP contribution is 2.30. The van der Waals surface area contributed by atoms with Crippen molar-refractivity contribution in [2.45, 2.75) is 38.7 Å². The Morgan fingerprint density at radius 2 is 2.09 bits per heavy atom. The molecular weight excluding hydrogens is 295 g/mol. The van der Waals surface area contributed by atoms with Crippen molar-refractivity contribution in [3.05, 3.63) is 53.1 Å². The van der Waals surface area contributed by atoms with E-state index >= 15 is 0 Å². The monoisotopic (exact) mass is 316 g/mol. The average Bonchev–Trinajstić information content (AvgIpc) is 2.78. The predicted molar refractivity (Wildman–Crippen MR) is 86.3 cm³/mol. The summed E-state index contributed by atoms with van der Waals surface area (Å²) in [4.78, 5) is 12.4. The maximum Gasteiger partial charge on any atom is 0.253 e. The number of amides is 1. The molecule has 1 aromatic carbocycles. The number of carbonyl (C=O) groups excluding carboxylic acids is 1. The summed E-state index contributed by atoms with van der Waals surface area (Å²) in [6.07, 6.45) is 2.46. The van der Waals surface area contributed by atoms with Crippen LogP contribution in [0.2, 0.25) is 0 Å². The third kappa shape index (κ3) is 3.01. The van der Waals surface area contributed by atoms with E-state index in [1.54, 1.807) is 12.1 Å². The van der Waals surface area contributed by atoms with E-state index in [0.29, 0.717) is 11.3 Å². The molecule has 1 saturated carbocycles. The molecule has 1 fully saturated rings. The molecule has 1 aliphatic carbocycles. The number of nitrogens with zero attached hydrogens (tertiary/aromatic N) is 1. The smallest absolute Gasteiger partial charge is 0.253 e. The van der Waals surface area contributed by atoms with Gasteiger partial charge < -0.3 is 15.0 Å². The van der Waals surface area contributed by atoms with Crippen LogP contribution in [0.3, 0.4) is 0 Å². The SMILES string of the molecule is Cc1cc(C(=O)NCC2(O)CCC2)c(C)n1-c1cccc(F)c1. The van der Waals surface area contributed by atoms with E-state index in [1.165, 1.54) is 12.1 Å². The minimum atomic E-state index is -0.746. The molecule has 0 aliphatic heterocycles. The lowest BCUT2D eigenvalue weighted by atomic mass is 9.80. The number of aryl methyl sites for hydroxylation is 1. The Hall–Kier alpha value is -2.14. The van der Waals surface area contributed by atoms with Gasteiger partial charge in [-0.25, -0.2) is 4.39 Å². The third-order valence-corrected chi connectivity index (χ3v) is 4.60. The predicted octanol–water partition coefficient (Wildman–Crippen LogP) is 2.88. The highest BCUT2D eigenvalue weighted by Gasteiger charge is 2.34. The molecule has 0 radical (unpaired) electrons. The molecule has 0 spiro atoms. The molecule has 122 valence electrons. The number of hydrogen-bond donors (Lipinski definition) is 2. The minimum Gasteiger partial charge on any atom is -0.388 e. The number of benzene rings is 1. The van der Waals surface area contributed by atoms with Crippen LogP contribution in [0.25, 0.3) is 5.69 Å². The molecule has 1 aliphatic rings. The van der Waals surface area contributed by atoms with Gasteiger partial charge in [-0.3, -0.25) is 4.79 Å². The van der Waals surface area contributed by atoms with Gasteiger partial charge in [0.05, 0.1) is 11.2 Å². The van der Waals surface area contributed by atoms with Crippen molar-refractivity contribution in [2.75, 3.05) is 6.54 Å². The maximum absolute atomic E-state index is 13.5. The summed E-state index contributed by atoms with van der Waals surface area (Å²) >= 11 is 0. The second-order valence-electron chi connectivity index (χ2n) is 6.36. The van der Waals surface area contributed by atoms with Gasteiger partial charge in [-0.2, -0.15) is 0 Å². The molecule has 2 N–H and O–H groups in total. The molecule has 0 atom stereocenters. The van der Waals surface area contributed by atoms with Gasteiger partial charge in [-0.15, -0.1) is 0 Å². The van der Waals surface area contributed by atoms with Crippen LogP contribution in [0.4, 0.5) is 4.39 Å². The molecule has 1 amide bonds. The van der Waals surface area contributed by atoms with Crippen LogP contribution >= 0.6 is 0 Å². The fourth-order valence-electron chi connectivity index (χ4n) is 3.11. The Morgan fingerprint density at radius 1 is 1.35 bits per heavy atom. The molecule has 0 bridgehead atoms. The summed E-state index contributed by atoms with van der Waals surface area (Å²) in [5.41, 5.74) is 2.11. The molecule has 2 aromatic rings. The van der Waals surface area contributed by atoms with Crippen LogP contribution in [-0.4, -0.2) is 27.7 Å². The van der Waals surface area contributed by atoms with E-state index in [2.05, 4.69) is 5.32 Å². The van der Waals surface area contributed by atoms with Gasteiger partial charge in [0.25, 0.3) is 5.91 Å². The average molecular weight is 316 g/mol. The van der Waals surface area contributed by atoms with Crippen molar-refractivity contribution in [1.82, 2.24) is 9.88 Å². The molecule has 1 heterocycles. The van der Waals surface area contributed by atoms with Crippen LogP contribution in [-0.2, 0) is 0 Å². The maximum atomic E-state index is 13.5. The van der Waals surface area contributed by atoms with E-state index < -0.39 is 5.60 Å². The van der Waals surface area contributed by atoms with Crippen LogP contribution in [0.1, 0.15) is 41.0 Å². The van der Waals surface area contributed by atoms with Crippen molar-refractivity contribution < 1.29 is 14.3 Å². The molecule has 5 heteroatoms. The van der Waals surface area contributed by atoms with Crippen molar-refractivity contribution in [3.63, 3.8) is 0 Å². The first-order chi connectivity index (χ1) is 10.9. The number of halogens is 1. The fourth-order valence-corrected chi connectivity index (χ4v) is 3.11. The summed E-state index contributed by atoms with van der Waals surface area (Å²) in [7, 11) is 0. The first-order valence-corrected chi connectivity index (χ1v) is 7.85. The molecule has 1 aromatic heterocycles. The molecule has 0 saturated heterocycles. The number of carbonyl (C=O) groups is 1. The Kier molecular flexibility index (Phi) is 3.98.